The van der Waals surface area contributed by atoms with Gasteiger partial charge in [0.2, 0.25) is 0 Å². The predicted octanol–water partition coefficient (Wildman–Crippen LogP) is 3.08. The molecule has 0 saturated carbocycles. The van der Waals surface area contributed by atoms with Crippen molar-refractivity contribution >= 4 is 29.4 Å². The number of allylic oxidation sites excluding steroid dienone is 4. The average molecular weight is 340 g/mol. The van der Waals surface area contributed by atoms with Crippen LogP contribution in [-0.4, -0.2) is 31.1 Å². The molecular formula is C19H20N2O2S. The molecule has 1 N–H and O–H groups in total. The van der Waals surface area contributed by atoms with E-state index >= 15 is 0 Å². The van der Waals surface area contributed by atoms with Crippen LogP contribution in [0.4, 0.5) is 5.69 Å². The lowest BCUT2D eigenvalue weighted by Crippen LogP contribution is -2.32. The van der Waals surface area contributed by atoms with Gasteiger partial charge in [0, 0.05) is 25.2 Å². The van der Waals surface area contributed by atoms with Crippen LogP contribution in [0.25, 0.3) is 0 Å². The van der Waals surface area contributed by atoms with E-state index in [4.69, 9.17) is 17.0 Å². The lowest BCUT2D eigenvalue weighted by Gasteiger charge is -2.28. The summed E-state index contributed by atoms with van der Waals surface area (Å²) < 4.78 is 5.30. The number of benzene rings is 1. The zero-order chi connectivity index (χ0) is 17.1. The first-order valence-corrected chi connectivity index (χ1v) is 8.40. The molecule has 1 aromatic rings. The van der Waals surface area contributed by atoms with Gasteiger partial charge in [-0.15, -0.1) is 0 Å². The van der Waals surface area contributed by atoms with Crippen LogP contribution >= 0.6 is 12.2 Å². The lowest BCUT2D eigenvalue weighted by molar-refractivity contribution is -0.106. The fourth-order valence-corrected chi connectivity index (χ4v) is 3.44. The normalized spacial score (nSPS) is 21.7. The third-order valence-corrected chi connectivity index (χ3v) is 4.66. The maximum atomic E-state index is 11.2. The van der Waals surface area contributed by atoms with Gasteiger partial charge in [-0.05, 0) is 42.4 Å². The molecule has 1 aliphatic carbocycles. The zero-order valence-electron chi connectivity index (χ0n) is 13.7. The van der Waals surface area contributed by atoms with Crippen LogP contribution in [0, 0.1) is 0 Å². The van der Waals surface area contributed by atoms with Crippen molar-refractivity contribution in [3.05, 3.63) is 65.5 Å². The van der Waals surface area contributed by atoms with E-state index in [1.165, 1.54) is 11.3 Å². The van der Waals surface area contributed by atoms with E-state index in [1.54, 1.807) is 13.1 Å². The Balaban J connectivity index is 1.91. The van der Waals surface area contributed by atoms with Crippen LogP contribution in [-0.2, 0) is 9.53 Å². The Hall–Kier alpha value is -2.40. The number of fused-ring (bicyclic) bond motifs is 3. The number of carbonyl (C=O) groups is 1. The van der Waals surface area contributed by atoms with Crippen molar-refractivity contribution in [3.8, 4) is 0 Å². The fourth-order valence-electron chi connectivity index (χ4n) is 3.34. The summed E-state index contributed by atoms with van der Waals surface area (Å²) in [4.78, 5) is 13.6. The third-order valence-electron chi connectivity index (χ3n) is 4.37. The fraction of sp³-hybridized carbons (Fsp3) is 0.263. The highest BCUT2D eigenvalue weighted by atomic mass is 32.1. The van der Waals surface area contributed by atoms with Crippen molar-refractivity contribution in [1.29, 1.82) is 0 Å². The topological polar surface area (TPSA) is 41.6 Å². The van der Waals surface area contributed by atoms with E-state index in [2.05, 4.69) is 53.6 Å². The van der Waals surface area contributed by atoms with Gasteiger partial charge in [-0.1, -0.05) is 36.4 Å². The van der Waals surface area contributed by atoms with E-state index in [0.29, 0.717) is 12.3 Å². The SMILES string of the molecule is CCN1c2ccccc2C2C=C(/C=C(\C=O)OC(=S)NC)C=CC21. The molecule has 1 heterocycles. The van der Waals surface area contributed by atoms with E-state index in [9.17, 15) is 4.79 Å². The minimum absolute atomic E-state index is 0.176. The third kappa shape index (κ3) is 2.99. The van der Waals surface area contributed by atoms with Crippen molar-refractivity contribution < 1.29 is 9.53 Å². The Labute approximate surface area is 147 Å². The Morgan fingerprint density at radius 1 is 1.42 bits per heavy atom. The Kier molecular flexibility index (Phi) is 4.81. The molecule has 2 aliphatic rings. The first-order chi connectivity index (χ1) is 11.7. The molecule has 1 aliphatic heterocycles. The predicted molar refractivity (Wildman–Crippen MR) is 100 cm³/mol. The minimum atomic E-state index is 0.176. The van der Waals surface area contributed by atoms with Gasteiger partial charge in [0.1, 0.15) is 0 Å². The van der Waals surface area contributed by atoms with Crippen molar-refractivity contribution in [1.82, 2.24) is 5.32 Å². The van der Waals surface area contributed by atoms with Crippen LogP contribution in [0.5, 0.6) is 0 Å². The smallest absolute Gasteiger partial charge is 0.262 e. The van der Waals surface area contributed by atoms with Crippen molar-refractivity contribution in [2.75, 3.05) is 18.5 Å². The number of likely N-dealkylation sites (N-methyl/N-ethyl adjacent to an activating group) is 1. The second-order valence-electron chi connectivity index (χ2n) is 5.69. The largest absolute Gasteiger partial charge is 0.428 e. The molecule has 2 atom stereocenters. The Morgan fingerprint density at radius 3 is 2.92 bits per heavy atom. The molecule has 0 saturated heterocycles. The van der Waals surface area contributed by atoms with Crippen molar-refractivity contribution in [2.45, 2.75) is 18.9 Å². The molecule has 0 aromatic heterocycles. The molecule has 0 spiro atoms. The molecule has 2 unspecified atom stereocenters. The Morgan fingerprint density at radius 2 is 2.21 bits per heavy atom. The van der Waals surface area contributed by atoms with Gasteiger partial charge in [0.15, 0.2) is 12.0 Å². The summed E-state index contributed by atoms with van der Waals surface area (Å²) in [5.74, 6) is 0.476. The van der Waals surface area contributed by atoms with Gasteiger partial charge in [-0.2, -0.15) is 0 Å². The number of nitrogens with zero attached hydrogens (tertiary/aromatic N) is 1. The highest BCUT2D eigenvalue weighted by Gasteiger charge is 2.35. The molecule has 0 fully saturated rings. The molecule has 1 aromatic carbocycles. The minimum Gasteiger partial charge on any atom is -0.428 e. The van der Waals surface area contributed by atoms with Gasteiger partial charge in [0.25, 0.3) is 5.17 Å². The molecule has 0 amide bonds. The monoisotopic (exact) mass is 340 g/mol. The zero-order valence-corrected chi connectivity index (χ0v) is 14.5. The Bertz CT molecular complexity index is 751. The standard InChI is InChI=1S/C19H20N2O2S/c1-3-21-17-7-5-4-6-15(17)16-11-13(8-9-18(16)21)10-14(12-22)23-19(24)20-2/h4-12,16,18H,3H2,1-2H3,(H,20,24)/b14-10+. The van der Waals surface area contributed by atoms with Gasteiger partial charge in [-0.25, -0.2) is 0 Å². The first kappa shape index (κ1) is 16.5. The van der Waals surface area contributed by atoms with E-state index in [-0.39, 0.29) is 16.9 Å². The van der Waals surface area contributed by atoms with Crippen LogP contribution in [0.2, 0.25) is 0 Å². The van der Waals surface area contributed by atoms with Gasteiger partial charge in [0.05, 0.1) is 6.04 Å². The number of nitrogens with one attached hydrogen (secondary N) is 1. The number of anilines is 1. The highest BCUT2D eigenvalue weighted by Crippen LogP contribution is 2.44. The summed E-state index contributed by atoms with van der Waals surface area (Å²) in [6, 6.07) is 8.81. The molecule has 4 nitrogen and oxygen atoms in total. The van der Waals surface area contributed by atoms with Crippen LogP contribution in [0.1, 0.15) is 18.4 Å². The molecule has 0 bridgehead atoms. The molecular weight excluding hydrogens is 320 g/mol. The lowest BCUT2D eigenvalue weighted by atomic mass is 9.88. The molecule has 24 heavy (non-hydrogen) atoms. The molecule has 0 radical (unpaired) electrons. The molecule has 3 rings (SSSR count). The van der Waals surface area contributed by atoms with E-state index in [1.807, 2.05) is 6.08 Å². The summed E-state index contributed by atoms with van der Waals surface area (Å²) in [5.41, 5.74) is 3.55. The molecule has 5 heteroatoms. The number of ether oxygens (including phenoxy) is 1. The maximum absolute atomic E-state index is 11.2. The number of aldehydes is 1. The van der Waals surface area contributed by atoms with Crippen molar-refractivity contribution in [3.63, 3.8) is 0 Å². The number of hydrogen-bond donors (Lipinski definition) is 1. The average Bonchev–Trinajstić information content (AvgIpc) is 2.94. The number of para-hydroxylation sites is 1. The van der Waals surface area contributed by atoms with Gasteiger partial charge >= 0.3 is 0 Å². The second kappa shape index (κ2) is 7.01. The summed E-state index contributed by atoms with van der Waals surface area (Å²) in [5, 5.41) is 2.87. The van der Waals surface area contributed by atoms with Crippen LogP contribution < -0.4 is 10.2 Å². The highest BCUT2D eigenvalue weighted by molar-refractivity contribution is 7.80. The number of rotatable bonds is 4. The summed E-state index contributed by atoms with van der Waals surface area (Å²) in [6.45, 7) is 3.13. The summed E-state index contributed by atoms with van der Waals surface area (Å²) in [6.07, 6.45) is 8.81. The van der Waals surface area contributed by atoms with E-state index in [0.717, 1.165) is 12.1 Å². The number of thiocarbonyl (C=S) groups is 1. The van der Waals surface area contributed by atoms with Crippen LogP contribution in [0.3, 0.4) is 0 Å². The van der Waals surface area contributed by atoms with Gasteiger partial charge in [-0.3, -0.25) is 4.79 Å². The summed E-state index contributed by atoms with van der Waals surface area (Å²) in [7, 11) is 1.66. The number of carbonyl (C=O) groups excluding carboxylic acids is 1. The number of hydrogen-bond acceptors (Lipinski definition) is 4. The maximum Gasteiger partial charge on any atom is 0.262 e. The van der Waals surface area contributed by atoms with Gasteiger partial charge < -0.3 is 15.0 Å². The summed E-state index contributed by atoms with van der Waals surface area (Å²) >= 11 is 4.95. The molecule has 124 valence electrons. The van der Waals surface area contributed by atoms with Crippen molar-refractivity contribution in [2.24, 2.45) is 0 Å². The van der Waals surface area contributed by atoms with Crippen LogP contribution in [0.15, 0.2) is 59.9 Å². The first-order valence-electron chi connectivity index (χ1n) is 8.00. The second-order valence-corrected chi connectivity index (χ2v) is 6.06. The van der Waals surface area contributed by atoms with E-state index < -0.39 is 0 Å². The quantitative estimate of drug-likeness (QED) is 0.395.